The van der Waals surface area contributed by atoms with Gasteiger partial charge >= 0.3 is 0 Å². The number of anilines is 3. The van der Waals surface area contributed by atoms with Gasteiger partial charge in [0.25, 0.3) is 0 Å². The van der Waals surface area contributed by atoms with Gasteiger partial charge in [0.1, 0.15) is 6.29 Å². The summed E-state index contributed by atoms with van der Waals surface area (Å²) in [5, 5.41) is 15.0. The maximum atomic E-state index is 11.1. The molecule has 0 bridgehead atoms. The minimum absolute atomic E-state index is 0.148. The Balaban J connectivity index is 2.03. The Hall–Kier alpha value is -2.04. The predicted octanol–water partition coefficient (Wildman–Crippen LogP) is 6.69. The lowest BCUT2D eigenvalue weighted by atomic mass is 9.91. The third-order valence-electron chi connectivity index (χ3n) is 6.04. The molecule has 1 fully saturated rings. The van der Waals surface area contributed by atoms with E-state index in [4.69, 9.17) is 11.6 Å². The van der Waals surface area contributed by atoms with Crippen molar-refractivity contribution < 1.29 is 9.90 Å². The zero-order valence-corrected chi connectivity index (χ0v) is 19.7. The van der Waals surface area contributed by atoms with Crippen LogP contribution in [0.25, 0.3) is 0 Å². The van der Waals surface area contributed by atoms with Crippen LogP contribution in [0.5, 0.6) is 0 Å². The number of carbonyl (C=O) groups excluding carboxylic acids is 1. The highest BCUT2D eigenvalue weighted by atomic mass is 35.5. The fraction of sp³-hybridized carbons (Fsp3) is 0.500. The van der Waals surface area contributed by atoms with Gasteiger partial charge in [-0.2, -0.15) is 0 Å². The average Bonchev–Trinajstić information content (AvgIpc) is 2.74. The summed E-state index contributed by atoms with van der Waals surface area (Å²) in [4.78, 5) is 13.5. The molecule has 4 nitrogen and oxygen atoms in total. The van der Waals surface area contributed by atoms with E-state index in [1.165, 1.54) is 19.3 Å². The number of halogens is 1. The number of benzene rings is 2. The normalized spacial score (nSPS) is 16.0. The van der Waals surface area contributed by atoms with Crippen molar-refractivity contribution in [3.05, 3.63) is 53.1 Å². The van der Waals surface area contributed by atoms with Crippen molar-refractivity contribution in [1.29, 1.82) is 0 Å². The first-order valence-corrected chi connectivity index (χ1v) is 11.7. The standard InChI is InChI=1S/C26H35ClN2O2/c1-19(15-16-30)20-9-14-25(24(17-20)28-22-12-10-21(27)11-13-22)29(18-26(2,3)31)23-7-5-4-6-8-23/h9-14,16-17,19,23,28,31H,4-8,15,18H2,1-3H3. The molecule has 31 heavy (non-hydrogen) atoms. The van der Waals surface area contributed by atoms with Crippen molar-refractivity contribution in [2.45, 2.75) is 76.9 Å². The van der Waals surface area contributed by atoms with E-state index >= 15 is 0 Å². The maximum Gasteiger partial charge on any atom is 0.120 e. The minimum atomic E-state index is -0.807. The highest BCUT2D eigenvalue weighted by Gasteiger charge is 2.28. The van der Waals surface area contributed by atoms with Gasteiger partial charge in [0.15, 0.2) is 0 Å². The molecule has 2 N–H and O–H groups in total. The van der Waals surface area contributed by atoms with Crippen molar-refractivity contribution >= 4 is 34.9 Å². The molecule has 1 aliphatic rings. The molecule has 0 saturated heterocycles. The fourth-order valence-electron chi connectivity index (χ4n) is 4.40. The van der Waals surface area contributed by atoms with Crippen molar-refractivity contribution in [2.24, 2.45) is 0 Å². The van der Waals surface area contributed by atoms with E-state index in [-0.39, 0.29) is 5.92 Å². The van der Waals surface area contributed by atoms with E-state index < -0.39 is 5.60 Å². The lowest BCUT2D eigenvalue weighted by Crippen LogP contribution is -2.45. The van der Waals surface area contributed by atoms with Gasteiger partial charge < -0.3 is 20.1 Å². The molecule has 1 unspecified atom stereocenters. The van der Waals surface area contributed by atoms with Crippen LogP contribution in [-0.2, 0) is 4.79 Å². The fourth-order valence-corrected chi connectivity index (χ4v) is 4.53. The van der Waals surface area contributed by atoms with Crippen molar-refractivity contribution in [3.63, 3.8) is 0 Å². The number of rotatable bonds is 9. The van der Waals surface area contributed by atoms with Crippen LogP contribution in [0, 0.1) is 0 Å². The monoisotopic (exact) mass is 442 g/mol. The van der Waals surface area contributed by atoms with Gasteiger partial charge in [-0.25, -0.2) is 0 Å². The number of nitrogens with one attached hydrogen (secondary N) is 1. The Kier molecular flexibility index (Phi) is 8.01. The van der Waals surface area contributed by atoms with E-state index in [0.717, 1.165) is 41.8 Å². The number of hydrogen-bond donors (Lipinski definition) is 2. The molecule has 3 rings (SSSR count). The van der Waals surface area contributed by atoms with Gasteiger partial charge in [0.2, 0.25) is 0 Å². The van der Waals surface area contributed by atoms with E-state index in [1.807, 2.05) is 38.1 Å². The number of nitrogens with zero attached hydrogens (tertiary/aromatic N) is 1. The SMILES string of the molecule is CC(CC=O)c1ccc(N(CC(C)(C)O)C2CCCCC2)c(Nc2ccc(Cl)cc2)c1. The van der Waals surface area contributed by atoms with E-state index in [1.54, 1.807) is 0 Å². The maximum absolute atomic E-state index is 11.1. The third-order valence-corrected chi connectivity index (χ3v) is 6.30. The number of aliphatic hydroxyl groups is 1. The third kappa shape index (κ3) is 6.72. The molecule has 0 spiro atoms. The first-order valence-electron chi connectivity index (χ1n) is 11.4. The number of aldehydes is 1. The van der Waals surface area contributed by atoms with E-state index in [2.05, 4.69) is 35.3 Å². The molecule has 1 saturated carbocycles. The first kappa shape index (κ1) is 23.6. The quantitative estimate of drug-likeness (QED) is 0.425. The lowest BCUT2D eigenvalue weighted by molar-refractivity contribution is -0.108. The Morgan fingerprint density at radius 1 is 1.16 bits per heavy atom. The van der Waals surface area contributed by atoms with Crippen molar-refractivity contribution in [1.82, 2.24) is 0 Å². The summed E-state index contributed by atoms with van der Waals surface area (Å²) in [6.07, 6.45) is 7.48. The molecular weight excluding hydrogens is 408 g/mol. The van der Waals surface area contributed by atoms with Crippen LogP contribution in [-0.4, -0.2) is 29.6 Å². The second kappa shape index (κ2) is 10.5. The van der Waals surface area contributed by atoms with Crippen LogP contribution >= 0.6 is 11.6 Å². The summed E-state index contributed by atoms with van der Waals surface area (Å²) in [6.45, 7) is 6.38. The van der Waals surface area contributed by atoms with E-state index in [9.17, 15) is 9.90 Å². The molecule has 0 aromatic heterocycles. The molecule has 0 aliphatic heterocycles. The van der Waals surface area contributed by atoms with Crippen LogP contribution in [0.4, 0.5) is 17.1 Å². The van der Waals surface area contributed by atoms with Crippen LogP contribution in [0.2, 0.25) is 5.02 Å². The lowest BCUT2D eigenvalue weighted by Gasteiger charge is -2.40. The van der Waals surface area contributed by atoms with Crippen molar-refractivity contribution in [3.8, 4) is 0 Å². The summed E-state index contributed by atoms with van der Waals surface area (Å²) < 4.78 is 0. The highest BCUT2D eigenvalue weighted by molar-refractivity contribution is 6.30. The predicted molar refractivity (Wildman–Crippen MR) is 131 cm³/mol. The topological polar surface area (TPSA) is 52.6 Å². The summed E-state index contributed by atoms with van der Waals surface area (Å²) >= 11 is 6.08. The Bertz CT molecular complexity index is 855. The number of hydrogen-bond acceptors (Lipinski definition) is 4. The largest absolute Gasteiger partial charge is 0.389 e. The van der Waals surface area contributed by atoms with Crippen molar-refractivity contribution in [2.75, 3.05) is 16.8 Å². The van der Waals surface area contributed by atoms with Gasteiger partial charge in [-0.15, -0.1) is 0 Å². The molecule has 0 radical (unpaired) electrons. The van der Waals surface area contributed by atoms with Gasteiger partial charge in [0.05, 0.1) is 17.0 Å². The summed E-state index contributed by atoms with van der Waals surface area (Å²) in [6, 6.07) is 14.5. The van der Waals surface area contributed by atoms with Crippen LogP contribution in [0.3, 0.4) is 0 Å². The average molecular weight is 443 g/mol. The molecule has 168 valence electrons. The molecule has 2 aromatic carbocycles. The zero-order valence-electron chi connectivity index (χ0n) is 18.9. The Morgan fingerprint density at radius 3 is 2.45 bits per heavy atom. The first-order chi connectivity index (χ1) is 14.8. The molecule has 0 amide bonds. The zero-order chi connectivity index (χ0) is 22.4. The van der Waals surface area contributed by atoms with Crippen LogP contribution in [0.1, 0.15) is 70.8 Å². The van der Waals surface area contributed by atoms with Gasteiger partial charge in [-0.05, 0) is 74.6 Å². The molecule has 1 atom stereocenters. The molecular formula is C26H35ClN2O2. The summed E-state index contributed by atoms with van der Waals surface area (Å²) in [5.74, 6) is 0.148. The van der Waals surface area contributed by atoms with Crippen LogP contribution < -0.4 is 10.2 Å². The molecule has 2 aromatic rings. The Morgan fingerprint density at radius 2 is 1.84 bits per heavy atom. The molecule has 5 heteroatoms. The van der Waals surface area contributed by atoms with Gasteiger partial charge in [-0.3, -0.25) is 0 Å². The summed E-state index contributed by atoms with van der Waals surface area (Å²) in [7, 11) is 0. The smallest absolute Gasteiger partial charge is 0.120 e. The molecule has 1 aliphatic carbocycles. The second-order valence-corrected chi connectivity index (χ2v) is 9.88. The van der Waals surface area contributed by atoms with E-state index in [0.29, 0.717) is 24.0 Å². The Labute approximate surface area is 191 Å². The van der Waals surface area contributed by atoms with Crippen LogP contribution in [0.15, 0.2) is 42.5 Å². The van der Waals surface area contributed by atoms with Gasteiger partial charge in [0, 0.05) is 29.7 Å². The van der Waals surface area contributed by atoms with Gasteiger partial charge in [-0.1, -0.05) is 43.9 Å². The minimum Gasteiger partial charge on any atom is -0.389 e. The number of carbonyl (C=O) groups is 1. The summed E-state index contributed by atoms with van der Waals surface area (Å²) in [5.41, 5.74) is 3.36. The highest BCUT2D eigenvalue weighted by Crippen LogP contribution is 2.37. The molecule has 0 heterocycles. The second-order valence-electron chi connectivity index (χ2n) is 9.44.